The number of anilines is 2. The Bertz CT molecular complexity index is 548. The monoisotopic (exact) mass is 276 g/mol. The summed E-state index contributed by atoms with van der Waals surface area (Å²) in [5.74, 6) is 0.392. The van der Waals surface area contributed by atoms with E-state index in [0.717, 1.165) is 16.8 Å². The summed E-state index contributed by atoms with van der Waals surface area (Å²) in [5, 5.41) is 26.8. The Labute approximate surface area is 118 Å². The second-order valence-corrected chi connectivity index (χ2v) is 4.54. The number of rotatable bonds is 1. The summed E-state index contributed by atoms with van der Waals surface area (Å²) in [6, 6.07) is 8.01. The standard InChI is InChI=1S/C8H11NO.C7H9NO2/c1-5-4-8(10)6(2)3-7(5)9;8-6-1-2-7(10)5(3-6)4-9/h3-4,10H,9H2,1-2H3;1-3,9-10H,4,8H2. The lowest BCUT2D eigenvalue weighted by atomic mass is 10.1. The molecule has 2 aromatic rings. The Hall–Kier alpha value is -2.40. The van der Waals surface area contributed by atoms with Gasteiger partial charge in [0.05, 0.1) is 6.61 Å². The molecule has 0 unspecified atom stereocenters. The lowest BCUT2D eigenvalue weighted by Crippen LogP contribution is -1.89. The maximum absolute atomic E-state index is 9.17. The van der Waals surface area contributed by atoms with E-state index in [9.17, 15) is 0 Å². The number of hydrogen-bond acceptors (Lipinski definition) is 5. The molecule has 5 nitrogen and oxygen atoms in total. The van der Waals surface area contributed by atoms with Crippen molar-refractivity contribution in [3.8, 4) is 11.5 Å². The highest BCUT2D eigenvalue weighted by Crippen LogP contribution is 2.22. The number of phenols is 2. The molecule has 0 spiro atoms. The normalized spacial score (nSPS) is 9.75. The number of aliphatic hydroxyl groups is 1. The number of nitrogens with two attached hydrogens (primary N) is 2. The Balaban J connectivity index is 0.000000200. The van der Waals surface area contributed by atoms with Crippen LogP contribution >= 0.6 is 0 Å². The van der Waals surface area contributed by atoms with E-state index >= 15 is 0 Å². The van der Waals surface area contributed by atoms with Crippen molar-refractivity contribution in [2.45, 2.75) is 20.5 Å². The quantitative estimate of drug-likeness (QED) is 0.404. The van der Waals surface area contributed by atoms with Gasteiger partial charge in [-0.2, -0.15) is 0 Å². The van der Waals surface area contributed by atoms with Crippen molar-refractivity contribution in [3.63, 3.8) is 0 Å². The second-order valence-electron chi connectivity index (χ2n) is 4.54. The molecule has 2 aromatic carbocycles. The van der Waals surface area contributed by atoms with Gasteiger partial charge in [0.25, 0.3) is 0 Å². The van der Waals surface area contributed by atoms with Gasteiger partial charge in [-0.3, -0.25) is 0 Å². The van der Waals surface area contributed by atoms with Crippen LogP contribution in [0.15, 0.2) is 30.3 Å². The zero-order valence-electron chi connectivity index (χ0n) is 11.6. The summed E-state index contributed by atoms with van der Waals surface area (Å²) in [4.78, 5) is 0. The van der Waals surface area contributed by atoms with Gasteiger partial charge >= 0.3 is 0 Å². The molecule has 108 valence electrons. The van der Waals surface area contributed by atoms with Crippen molar-refractivity contribution < 1.29 is 15.3 Å². The maximum Gasteiger partial charge on any atom is 0.121 e. The average Bonchev–Trinajstić information content (AvgIpc) is 2.40. The molecule has 0 amide bonds. The van der Waals surface area contributed by atoms with Gasteiger partial charge in [0, 0.05) is 16.9 Å². The van der Waals surface area contributed by atoms with E-state index in [1.165, 1.54) is 12.1 Å². The Morgan fingerprint density at radius 3 is 2.05 bits per heavy atom. The predicted molar refractivity (Wildman–Crippen MR) is 80.4 cm³/mol. The van der Waals surface area contributed by atoms with Gasteiger partial charge in [0.1, 0.15) is 11.5 Å². The van der Waals surface area contributed by atoms with E-state index in [1.807, 2.05) is 13.8 Å². The molecule has 0 fully saturated rings. The van der Waals surface area contributed by atoms with Crippen LogP contribution in [0.5, 0.6) is 11.5 Å². The summed E-state index contributed by atoms with van der Waals surface area (Å²) in [6.45, 7) is 3.51. The highest BCUT2D eigenvalue weighted by atomic mass is 16.3. The van der Waals surface area contributed by atoms with Crippen molar-refractivity contribution >= 4 is 11.4 Å². The summed E-state index contributed by atoms with van der Waals surface area (Å²) < 4.78 is 0. The van der Waals surface area contributed by atoms with E-state index < -0.39 is 0 Å². The van der Waals surface area contributed by atoms with Gasteiger partial charge in [0.2, 0.25) is 0 Å². The van der Waals surface area contributed by atoms with Crippen LogP contribution in [0.1, 0.15) is 16.7 Å². The Kier molecular flexibility index (Phi) is 5.23. The van der Waals surface area contributed by atoms with Crippen LogP contribution in [0.3, 0.4) is 0 Å². The molecule has 0 saturated heterocycles. The molecule has 0 heterocycles. The van der Waals surface area contributed by atoms with Crippen molar-refractivity contribution in [2.24, 2.45) is 0 Å². The molecule has 2 rings (SSSR count). The van der Waals surface area contributed by atoms with Crippen molar-refractivity contribution in [3.05, 3.63) is 47.0 Å². The number of aryl methyl sites for hydroxylation is 2. The van der Waals surface area contributed by atoms with Crippen LogP contribution in [0.4, 0.5) is 11.4 Å². The van der Waals surface area contributed by atoms with Crippen LogP contribution in [0.25, 0.3) is 0 Å². The summed E-state index contributed by atoms with van der Waals surface area (Å²) in [7, 11) is 0. The minimum atomic E-state index is -0.184. The first kappa shape index (κ1) is 15.7. The molecular weight excluding hydrogens is 256 g/mol. The molecule has 0 saturated carbocycles. The molecule has 20 heavy (non-hydrogen) atoms. The van der Waals surface area contributed by atoms with Crippen molar-refractivity contribution in [1.82, 2.24) is 0 Å². The molecule has 0 aliphatic carbocycles. The summed E-state index contributed by atoms with van der Waals surface area (Å²) >= 11 is 0. The molecule has 0 aliphatic heterocycles. The minimum absolute atomic E-state index is 0.0803. The lowest BCUT2D eigenvalue weighted by Gasteiger charge is -2.02. The Morgan fingerprint density at radius 1 is 0.900 bits per heavy atom. The zero-order chi connectivity index (χ0) is 15.3. The van der Waals surface area contributed by atoms with Gasteiger partial charge < -0.3 is 26.8 Å². The van der Waals surface area contributed by atoms with E-state index in [2.05, 4.69) is 0 Å². The smallest absolute Gasteiger partial charge is 0.121 e. The lowest BCUT2D eigenvalue weighted by molar-refractivity contribution is 0.275. The first-order chi connectivity index (χ1) is 9.35. The first-order valence-electron chi connectivity index (χ1n) is 6.09. The fraction of sp³-hybridized carbons (Fsp3) is 0.200. The first-order valence-corrected chi connectivity index (χ1v) is 6.09. The maximum atomic E-state index is 9.17. The molecular formula is C15H20N2O3. The number of hydrogen-bond donors (Lipinski definition) is 5. The number of aromatic hydroxyl groups is 2. The SMILES string of the molecule is Cc1cc(O)c(C)cc1N.Nc1ccc(O)c(CO)c1. The fourth-order valence-electron chi connectivity index (χ4n) is 1.56. The van der Waals surface area contributed by atoms with Gasteiger partial charge in [0.15, 0.2) is 0 Å². The largest absolute Gasteiger partial charge is 0.508 e. The molecule has 0 aliphatic rings. The highest BCUT2D eigenvalue weighted by molar-refractivity contribution is 5.53. The van der Waals surface area contributed by atoms with Gasteiger partial charge in [-0.25, -0.2) is 0 Å². The minimum Gasteiger partial charge on any atom is -0.508 e. The number of phenolic OH excluding ortho intramolecular Hbond substituents is 1. The van der Waals surface area contributed by atoms with E-state index in [1.54, 1.807) is 18.2 Å². The van der Waals surface area contributed by atoms with Crippen LogP contribution < -0.4 is 11.5 Å². The van der Waals surface area contributed by atoms with E-state index in [0.29, 0.717) is 17.0 Å². The third kappa shape index (κ3) is 4.07. The van der Waals surface area contributed by atoms with Gasteiger partial charge in [-0.15, -0.1) is 0 Å². The van der Waals surface area contributed by atoms with E-state index in [4.69, 9.17) is 26.8 Å². The number of benzene rings is 2. The molecule has 7 N–H and O–H groups in total. The van der Waals surface area contributed by atoms with Crippen LogP contribution in [-0.4, -0.2) is 15.3 Å². The summed E-state index contributed by atoms with van der Waals surface area (Å²) in [6.07, 6.45) is 0. The number of nitrogen functional groups attached to an aromatic ring is 2. The van der Waals surface area contributed by atoms with Crippen LogP contribution in [-0.2, 0) is 6.61 Å². The third-order valence-electron chi connectivity index (χ3n) is 2.86. The molecule has 5 heteroatoms. The average molecular weight is 276 g/mol. The van der Waals surface area contributed by atoms with Crippen molar-refractivity contribution in [1.29, 1.82) is 0 Å². The zero-order valence-corrected chi connectivity index (χ0v) is 11.6. The topological polar surface area (TPSA) is 113 Å². The number of aliphatic hydroxyl groups excluding tert-OH is 1. The van der Waals surface area contributed by atoms with Crippen LogP contribution in [0, 0.1) is 13.8 Å². The van der Waals surface area contributed by atoms with Crippen molar-refractivity contribution in [2.75, 3.05) is 11.5 Å². The Morgan fingerprint density at radius 2 is 1.55 bits per heavy atom. The fourth-order valence-corrected chi connectivity index (χ4v) is 1.56. The van der Waals surface area contributed by atoms with Gasteiger partial charge in [-0.05, 0) is 55.3 Å². The van der Waals surface area contributed by atoms with E-state index in [-0.39, 0.29) is 12.4 Å². The second kappa shape index (κ2) is 6.68. The highest BCUT2D eigenvalue weighted by Gasteiger charge is 1.98. The van der Waals surface area contributed by atoms with Crippen LogP contribution in [0.2, 0.25) is 0 Å². The molecule has 0 bridgehead atoms. The van der Waals surface area contributed by atoms with Gasteiger partial charge in [-0.1, -0.05) is 0 Å². The molecule has 0 aromatic heterocycles. The predicted octanol–water partition coefficient (Wildman–Crippen LogP) is 2.06. The summed E-state index contributed by atoms with van der Waals surface area (Å²) in [5.41, 5.74) is 14.4. The molecule has 0 atom stereocenters. The third-order valence-corrected chi connectivity index (χ3v) is 2.86. The molecule has 0 radical (unpaired) electrons.